The second kappa shape index (κ2) is 6.01. The highest BCUT2D eigenvalue weighted by atomic mass is 32.2. The van der Waals surface area contributed by atoms with Crippen LogP contribution in [-0.2, 0) is 6.54 Å². The lowest BCUT2D eigenvalue weighted by Crippen LogP contribution is -2.12. The van der Waals surface area contributed by atoms with Gasteiger partial charge in [-0.2, -0.15) is 5.10 Å². The summed E-state index contributed by atoms with van der Waals surface area (Å²) in [5.41, 5.74) is 6.42. The zero-order valence-electron chi connectivity index (χ0n) is 10.7. The Morgan fingerprint density at radius 1 is 1.44 bits per heavy atom. The largest absolute Gasteiger partial charge is 0.369 e. The van der Waals surface area contributed by atoms with Gasteiger partial charge in [0.2, 0.25) is 0 Å². The summed E-state index contributed by atoms with van der Waals surface area (Å²) in [6, 6.07) is 0. The first-order valence-corrected chi connectivity index (χ1v) is 7.24. The van der Waals surface area contributed by atoms with E-state index in [0.29, 0.717) is 13.1 Å². The van der Waals surface area contributed by atoms with Crippen molar-refractivity contribution in [2.24, 2.45) is 5.73 Å². The number of anilines is 1. The maximum Gasteiger partial charge on any atom is 0.191 e. The molecule has 0 aromatic carbocycles. The second-order valence-corrected chi connectivity index (χ2v) is 4.65. The predicted octanol–water partition coefficient (Wildman–Crippen LogP) is 1.33. The molecule has 2 aromatic heterocycles. The van der Waals surface area contributed by atoms with Crippen molar-refractivity contribution >= 4 is 28.6 Å². The van der Waals surface area contributed by atoms with Gasteiger partial charge in [0.15, 0.2) is 10.8 Å². The van der Waals surface area contributed by atoms with Crippen LogP contribution in [-0.4, -0.2) is 39.1 Å². The minimum absolute atomic E-state index is 0.549. The molecule has 0 aliphatic rings. The molecule has 0 atom stereocenters. The van der Waals surface area contributed by atoms with E-state index >= 15 is 0 Å². The lowest BCUT2D eigenvalue weighted by Gasteiger charge is -2.07. The quantitative estimate of drug-likeness (QED) is 0.606. The van der Waals surface area contributed by atoms with Crippen molar-refractivity contribution in [1.29, 1.82) is 0 Å². The van der Waals surface area contributed by atoms with Crippen LogP contribution < -0.4 is 11.1 Å². The molecule has 2 rings (SSSR count). The predicted molar refractivity (Wildman–Crippen MR) is 74.9 cm³/mol. The van der Waals surface area contributed by atoms with Crippen molar-refractivity contribution in [2.45, 2.75) is 25.0 Å². The summed E-state index contributed by atoms with van der Waals surface area (Å²) in [6.07, 6.45) is 4.82. The fourth-order valence-corrected chi connectivity index (χ4v) is 2.05. The summed E-state index contributed by atoms with van der Waals surface area (Å²) in [7, 11) is 0. The van der Waals surface area contributed by atoms with Gasteiger partial charge in [0.05, 0.1) is 18.1 Å². The van der Waals surface area contributed by atoms with Gasteiger partial charge in [-0.3, -0.25) is 0 Å². The Balaban J connectivity index is 2.47. The van der Waals surface area contributed by atoms with Crippen LogP contribution in [0.5, 0.6) is 0 Å². The number of nitrogens with one attached hydrogen (secondary N) is 1. The maximum atomic E-state index is 5.57. The number of fused-ring (bicyclic) bond motifs is 1. The minimum atomic E-state index is 0.549. The molecule has 0 spiro atoms. The van der Waals surface area contributed by atoms with E-state index in [-0.39, 0.29) is 0 Å². The summed E-state index contributed by atoms with van der Waals surface area (Å²) >= 11 is 1.53. The topological polar surface area (TPSA) is 81.7 Å². The Labute approximate surface area is 110 Å². The molecular weight excluding hydrogens is 248 g/mol. The fraction of sp³-hybridized carbons (Fsp3) is 0.545. The summed E-state index contributed by atoms with van der Waals surface area (Å²) in [5.74, 6) is 0.856. The van der Waals surface area contributed by atoms with Gasteiger partial charge in [-0.25, -0.2) is 14.6 Å². The van der Waals surface area contributed by atoms with Crippen LogP contribution in [0.25, 0.3) is 11.0 Å². The summed E-state index contributed by atoms with van der Waals surface area (Å²) in [4.78, 5) is 8.98. The molecule has 3 N–H and O–H groups in total. The van der Waals surface area contributed by atoms with E-state index in [9.17, 15) is 0 Å². The molecule has 0 amide bonds. The molecule has 0 radical (unpaired) electrons. The van der Waals surface area contributed by atoms with Gasteiger partial charge in [0.1, 0.15) is 5.82 Å². The average molecular weight is 266 g/mol. The summed E-state index contributed by atoms with van der Waals surface area (Å²) in [5, 5.41) is 9.34. The first-order valence-electron chi connectivity index (χ1n) is 6.01. The molecule has 18 heavy (non-hydrogen) atoms. The molecule has 0 aliphatic heterocycles. The van der Waals surface area contributed by atoms with Gasteiger partial charge in [-0.15, -0.1) is 0 Å². The smallest absolute Gasteiger partial charge is 0.191 e. The van der Waals surface area contributed by atoms with Gasteiger partial charge < -0.3 is 11.1 Å². The highest BCUT2D eigenvalue weighted by Gasteiger charge is 2.11. The molecule has 0 unspecified atom stereocenters. The van der Waals surface area contributed by atoms with E-state index in [1.165, 1.54) is 11.8 Å². The van der Waals surface area contributed by atoms with E-state index in [0.717, 1.165) is 35.0 Å². The third-order valence-corrected chi connectivity index (χ3v) is 3.09. The lowest BCUT2D eigenvalue weighted by molar-refractivity contribution is 0.637. The first kappa shape index (κ1) is 13.1. The Bertz CT molecular complexity index is 523. The normalized spacial score (nSPS) is 11.1. The molecule has 0 bridgehead atoms. The van der Waals surface area contributed by atoms with Crippen LogP contribution in [0.2, 0.25) is 0 Å². The van der Waals surface area contributed by atoms with Crippen LogP contribution in [0.15, 0.2) is 11.4 Å². The van der Waals surface area contributed by atoms with E-state index in [1.807, 2.05) is 10.9 Å². The zero-order chi connectivity index (χ0) is 13.0. The maximum absolute atomic E-state index is 5.57. The first-order chi connectivity index (χ1) is 8.80. The van der Waals surface area contributed by atoms with Crippen molar-refractivity contribution in [2.75, 3.05) is 24.7 Å². The lowest BCUT2D eigenvalue weighted by atomic mass is 10.3. The Morgan fingerprint density at radius 2 is 2.28 bits per heavy atom. The van der Waals surface area contributed by atoms with E-state index in [2.05, 4.69) is 27.3 Å². The van der Waals surface area contributed by atoms with Crippen LogP contribution >= 0.6 is 11.8 Å². The molecular formula is C11H18N6S. The van der Waals surface area contributed by atoms with Crippen LogP contribution in [0.3, 0.4) is 0 Å². The highest BCUT2D eigenvalue weighted by Crippen LogP contribution is 2.23. The van der Waals surface area contributed by atoms with E-state index in [1.54, 1.807) is 6.20 Å². The number of rotatable bonds is 6. The average Bonchev–Trinajstić information content (AvgIpc) is 2.79. The monoisotopic (exact) mass is 266 g/mol. The van der Waals surface area contributed by atoms with Crippen molar-refractivity contribution < 1.29 is 0 Å². The number of aromatic nitrogens is 4. The molecule has 0 saturated heterocycles. The second-order valence-electron chi connectivity index (χ2n) is 3.88. The number of nitrogens with two attached hydrogens (primary N) is 1. The Kier molecular flexibility index (Phi) is 4.38. The van der Waals surface area contributed by atoms with E-state index in [4.69, 9.17) is 5.73 Å². The van der Waals surface area contributed by atoms with Crippen molar-refractivity contribution in [3.05, 3.63) is 6.20 Å². The molecule has 0 aliphatic carbocycles. The number of thioether (sulfide) groups is 1. The molecule has 7 heteroatoms. The van der Waals surface area contributed by atoms with Crippen LogP contribution in [0.1, 0.15) is 13.3 Å². The van der Waals surface area contributed by atoms with Gasteiger partial charge >= 0.3 is 0 Å². The van der Waals surface area contributed by atoms with Gasteiger partial charge in [-0.05, 0) is 12.7 Å². The standard InChI is InChI=1S/C11H18N6S/c1-3-5-13-9-8-7-14-17(6-4-12)10(8)16-11(15-9)18-2/h7H,3-6,12H2,1-2H3,(H,13,15,16). The minimum Gasteiger partial charge on any atom is -0.369 e. The molecule has 0 saturated carbocycles. The van der Waals surface area contributed by atoms with Gasteiger partial charge in [-0.1, -0.05) is 18.7 Å². The third-order valence-electron chi connectivity index (χ3n) is 2.54. The number of hydrogen-bond acceptors (Lipinski definition) is 6. The molecule has 0 fully saturated rings. The van der Waals surface area contributed by atoms with Crippen molar-refractivity contribution in [3.8, 4) is 0 Å². The van der Waals surface area contributed by atoms with Crippen LogP contribution in [0, 0.1) is 0 Å². The molecule has 2 heterocycles. The van der Waals surface area contributed by atoms with Crippen molar-refractivity contribution in [3.63, 3.8) is 0 Å². The highest BCUT2D eigenvalue weighted by molar-refractivity contribution is 7.98. The molecule has 98 valence electrons. The summed E-state index contributed by atoms with van der Waals surface area (Å²) < 4.78 is 1.83. The fourth-order valence-electron chi connectivity index (χ4n) is 1.69. The van der Waals surface area contributed by atoms with Crippen LogP contribution in [0.4, 0.5) is 5.82 Å². The van der Waals surface area contributed by atoms with Gasteiger partial charge in [0.25, 0.3) is 0 Å². The zero-order valence-corrected chi connectivity index (χ0v) is 11.5. The SMILES string of the molecule is CCCNc1nc(SC)nc2c1cnn2CCN. The Morgan fingerprint density at radius 3 is 2.94 bits per heavy atom. The van der Waals surface area contributed by atoms with Gasteiger partial charge in [0, 0.05) is 13.1 Å². The number of nitrogens with zero attached hydrogens (tertiary/aromatic N) is 4. The number of hydrogen-bond donors (Lipinski definition) is 2. The van der Waals surface area contributed by atoms with E-state index < -0.39 is 0 Å². The Hall–Kier alpha value is -1.34. The third kappa shape index (κ3) is 2.56. The molecule has 2 aromatic rings. The molecule has 6 nitrogen and oxygen atoms in total. The van der Waals surface area contributed by atoms with Crippen molar-refractivity contribution in [1.82, 2.24) is 19.7 Å². The summed E-state index contributed by atoms with van der Waals surface area (Å²) in [6.45, 7) is 4.23.